The number of carbonyl (C=O) groups is 2. The van der Waals surface area contributed by atoms with Gasteiger partial charge in [-0.1, -0.05) is 54.1 Å². The van der Waals surface area contributed by atoms with Crippen molar-refractivity contribution in [2.75, 3.05) is 6.61 Å². The van der Waals surface area contributed by atoms with Crippen LogP contribution >= 0.6 is 11.6 Å². The highest BCUT2D eigenvalue weighted by Gasteiger charge is 2.24. The van der Waals surface area contributed by atoms with E-state index < -0.39 is 5.97 Å². The number of hydrogen-bond acceptors (Lipinski definition) is 5. The maximum Gasteiger partial charge on any atom is 0.339 e. The van der Waals surface area contributed by atoms with Crippen molar-refractivity contribution in [1.29, 1.82) is 0 Å². The van der Waals surface area contributed by atoms with Crippen molar-refractivity contribution in [3.05, 3.63) is 83.0 Å². The lowest BCUT2D eigenvalue weighted by atomic mass is 10.1. The molecule has 166 valence electrons. The number of fused-ring (bicyclic) bond motifs is 1. The third-order valence-electron chi connectivity index (χ3n) is 5.42. The van der Waals surface area contributed by atoms with Crippen LogP contribution in [0.1, 0.15) is 28.8 Å². The molecule has 1 fully saturated rings. The van der Waals surface area contributed by atoms with Crippen LogP contribution in [-0.2, 0) is 16.1 Å². The molecule has 1 saturated carbocycles. The van der Waals surface area contributed by atoms with Gasteiger partial charge in [0.25, 0.3) is 5.91 Å². The number of benzene rings is 2. The Morgan fingerprint density at radius 2 is 1.85 bits per heavy atom. The van der Waals surface area contributed by atoms with Crippen LogP contribution in [0.2, 0.25) is 5.02 Å². The Morgan fingerprint density at radius 1 is 1.09 bits per heavy atom. The van der Waals surface area contributed by atoms with Gasteiger partial charge in [-0.2, -0.15) is 5.10 Å². The van der Waals surface area contributed by atoms with Gasteiger partial charge in [-0.25, -0.2) is 14.5 Å². The van der Waals surface area contributed by atoms with Crippen LogP contribution in [0.25, 0.3) is 22.3 Å². The Bertz CT molecular complexity index is 1320. The zero-order valence-corrected chi connectivity index (χ0v) is 18.5. The molecular weight excluding hydrogens is 440 g/mol. The van der Waals surface area contributed by atoms with E-state index in [-0.39, 0.29) is 18.6 Å². The molecule has 1 aliphatic rings. The largest absolute Gasteiger partial charge is 0.452 e. The molecule has 0 aliphatic heterocycles. The Labute approximate surface area is 195 Å². The first-order chi connectivity index (χ1) is 16.1. The summed E-state index contributed by atoms with van der Waals surface area (Å²) in [6.07, 6.45) is 3.55. The number of rotatable bonds is 7. The highest BCUT2D eigenvalue weighted by molar-refractivity contribution is 6.30. The summed E-state index contributed by atoms with van der Waals surface area (Å²) in [5, 5.41) is 8.51. The van der Waals surface area contributed by atoms with Crippen LogP contribution < -0.4 is 5.32 Å². The minimum atomic E-state index is -0.587. The standard InChI is InChI=1S/C25H21ClN4O3/c26-18-8-6-16(7-9-18)14-30-24-21(13-27-30)20(12-22(29-24)17-4-2-1-3-5-17)25(32)33-15-23(31)28-19-10-11-19/h1-9,12-13,19H,10-11,14-15H2,(H,28,31). The third kappa shape index (κ3) is 4.88. The normalized spacial score (nSPS) is 13.1. The third-order valence-corrected chi connectivity index (χ3v) is 5.67. The molecule has 7 nitrogen and oxygen atoms in total. The van der Waals surface area contributed by atoms with E-state index in [9.17, 15) is 9.59 Å². The molecule has 5 rings (SSSR count). The van der Waals surface area contributed by atoms with Gasteiger partial charge in [0, 0.05) is 16.6 Å². The van der Waals surface area contributed by atoms with E-state index in [1.54, 1.807) is 16.9 Å². The van der Waals surface area contributed by atoms with Gasteiger partial charge in [-0.3, -0.25) is 4.79 Å². The van der Waals surface area contributed by atoms with Crippen molar-refractivity contribution in [2.45, 2.75) is 25.4 Å². The number of hydrogen-bond donors (Lipinski definition) is 1. The van der Waals surface area contributed by atoms with Crippen LogP contribution in [0.5, 0.6) is 0 Å². The summed E-state index contributed by atoms with van der Waals surface area (Å²) in [6.45, 7) is 0.142. The molecule has 2 aromatic carbocycles. The second-order valence-electron chi connectivity index (χ2n) is 8.00. The second kappa shape index (κ2) is 9.03. The summed E-state index contributed by atoms with van der Waals surface area (Å²) in [5.41, 5.74) is 3.35. The zero-order valence-electron chi connectivity index (χ0n) is 17.7. The lowest BCUT2D eigenvalue weighted by molar-refractivity contribution is -0.124. The maximum absolute atomic E-state index is 13.0. The van der Waals surface area contributed by atoms with E-state index in [0.717, 1.165) is 24.0 Å². The van der Waals surface area contributed by atoms with Gasteiger partial charge < -0.3 is 10.1 Å². The zero-order chi connectivity index (χ0) is 22.8. The van der Waals surface area contributed by atoms with Crippen molar-refractivity contribution in [3.63, 3.8) is 0 Å². The predicted octanol–water partition coefficient (Wildman–Crippen LogP) is 4.24. The monoisotopic (exact) mass is 460 g/mol. The van der Waals surface area contributed by atoms with E-state index in [2.05, 4.69) is 10.4 Å². The van der Waals surface area contributed by atoms with Gasteiger partial charge >= 0.3 is 5.97 Å². The number of pyridine rings is 1. The van der Waals surface area contributed by atoms with Gasteiger partial charge in [-0.05, 0) is 36.6 Å². The van der Waals surface area contributed by atoms with Gasteiger partial charge in [-0.15, -0.1) is 0 Å². The molecule has 2 aromatic heterocycles. The van der Waals surface area contributed by atoms with Crippen LogP contribution in [-0.4, -0.2) is 39.3 Å². The van der Waals surface area contributed by atoms with Gasteiger partial charge in [0.1, 0.15) is 0 Å². The predicted molar refractivity (Wildman–Crippen MR) is 125 cm³/mol. The van der Waals surface area contributed by atoms with Gasteiger partial charge in [0.05, 0.1) is 29.4 Å². The fourth-order valence-electron chi connectivity index (χ4n) is 3.56. The van der Waals surface area contributed by atoms with Crippen LogP contribution in [0.15, 0.2) is 66.9 Å². The topological polar surface area (TPSA) is 86.1 Å². The maximum atomic E-state index is 13.0. The summed E-state index contributed by atoms with van der Waals surface area (Å²) in [7, 11) is 0. The molecule has 0 bridgehead atoms. The molecule has 33 heavy (non-hydrogen) atoms. The minimum Gasteiger partial charge on any atom is -0.452 e. The average molecular weight is 461 g/mol. The number of carbonyl (C=O) groups excluding carboxylic acids is 2. The summed E-state index contributed by atoms with van der Waals surface area (Å²) in [4.78, 5) is 29.7. The molecule has 1 N–H and O–H groups in total. The molecule has 1 amide bonds. The Balaban J connectivity index is 1.49. The number of nitrogens with one attached hydrogen (secondary N) is 1. The van der Waals surface area contributed by atoms with Crippen molar-refractivity contribution < 1.29 is 14.3 Å². The Kier molecular flexibility index (Phi) is 5.79. The smallest absolute Gasteiger partial charge is 0.339 e. The first-order valence-electron chi connectivity index (χ1n) is 10.7. The SMILES string of the molecule is O=C(COC(=O)c1cc(-c2ccccc2)nc2c1cnn2Cc1ccc(Cl)cc1)NC1CC1. The highest BCUT2D eigenvalue weighted by Crippen LogP contribution is 2.26. The number of aromatic nitrogens is 3. The van der Waals surface area contributed by atoms with Crippen LogP contribution in [0, 0.1) is 0 Å². The van der Waals surface area contributed by atoms with Crippen LogP contribution in [0.3, 0.4) is 0 Å². The molecule has 0 spiro atoms. The van der Waals surface area contributed by atoms with Crippen molar-refractivity contribution in [3.8, 4) is 11.3 Å². The van der Waals surface area contributed by atoms with Gasteiger partial charge in [0.2, 0.25) is 0 Å². The fourth-order valence-corrected chi connectivity index (χ4v) is 3.68. The second-order valence-corrected chi connectivity index (χ2v) is 8.44. The highest BCUT2D eigenvalue weighted by atomic mass is 35.5. The van der Waals surface area contributed by atoms with E-state index in [4.69, 9.17) is 21.3 Å². The molecule has 0 saturated heterocycles. The van der Waals surface area contributed by atoms with Gasteiger partial charge in [0.15, 0.2) is 12.3 Å². The Morgan fingerprint density at radius 3 is 2.58 bits per heavy atom. The number of amides is 1. The molecule has 1 aliphatic carbocycles. The summed E-state index contributed by atoms with van der Waals surface area (Å²) < 4.78 is 7.07. The molecule has 0 atom stereocenters. The van der Waals surface area contributed by atoms with Crippen LogP contribution in [0.4, 0.5) is 0 Å². The van der Waals surface area contributed by atoms with E-state index >= 15 is 0 Å². The summed E-state index contributed by atoms with van der Waals surface area (Å²) in [5.74, 6) is -0.880. The fraction of sp³-hybridized carbons (Fsp3) is 0.200. The molecule has 0 unspecified atom stereocenters. The lowest BCUT2D eigenvalue weighted by Crippen LogP contribution is -2.30. The lowest BCUT2D eigenvalue weighted by Gasteiger charge is -2.10. The number of nitrogens with zero attached hydrogens (tertiary/aromatic N) is 3. The molecule has 0 radical (unpaired) electrons. The average Bonchev–Trinajstić information content (AvgIpc) is 3.56. The number of halogens is 1. The quantitative estimate of drug-likeness (QED) is 0.417. The first kappa shape index (κ1) is 21.2. The number of ether oxygens (including phenoxy) is 1. The van der Waals surface area contributed by atoms with Crippen molar-refractivity contribution >= 4 is 34.5 Å². The first-order valence-corrected chi connectivity index (χ1v) is 11.1. The van der Waals surface area contributed by atoms with Crippen molar-refractivity contribution in [2.24, 2.45) is 0 Å². The number of esters is 1. The molecular formula is C25H21ClN4O3. The minimum absolute atomic E-state index is 0.208. The van der Waals surface area contributed by atoms with E-state index in [0.29, 0.717) is 33.9 Å². The molecule has 8 heteroatoms. The summed E-state index contributed by atoms with van der Waals surface area (Å²) >= 11 is 6.00. The Hall–Kier alpha value is -3.71. The molecule has 2 heterocycles. The van der Waals surface area contributed by atoms with E-state index in [1.807, 2.05) is 54.6 Å². The van der Waals surface area contributed by atoms with E-state index in [1.165, 1.54) is 0 Å². The summed E-state index contributed by atoms with van der Waals surface area (Å²) in [6, 6.07) is 19.0. The molecule has 4 aromatic rings. The van der Waals surface area contributed by atoms with Crippen molar-refractivity contribution in [1.82, 2.24) is 20.1 Å².